The first-order chi connectivity index (χ1) is 17.4. The average molecular weight is 538 g/mol. The van der Waals surface area contributed by atoms with Crippen LogP contribution in [-0.4, -0.2) is 73.7 Å². The first-order valence-corrected chi connectivity index (χ1v) is 15.1. The first-order valence-electron chi connectivity index (χ1n) is 13.9. The second-order valence-electron chi connectivity index (χ2n) is 12.0. The maximum absolute atomic E-state index is 13.5. The molecule has 4 aliphatic rings. The van der Waals surface area contributed by atoms with E-state index in [-0.39, 0.29) is 40.8 Å². The Kier molecular flexibility index (Phi) is 10.2. The Labute approximate surface area is 227 Å². The molecule has 3 saturated carbocycles. The van der Waals surface area contributed by atoms with Crippen LogP contribution in [0.3, 0.4) is 0 Å². The minimum atomic E-state index is -0.656. The molecule has 0 aromatic carbocycles. The van der Waals surface area contributed by atoms with Gasteiger partial charge in [0.25, 0.3) is 0 Å². The van der Waals surface area contributed by atoms with Gasteiger partial charge in [-0.2, -0.15) is 11.8 Å². The molecule has 0 radical (unpaired) electrons. The van der Waals surface area contributed by atoms with Gasteiger partial charge in [-0.1, -0.05) is 34.6 Å². The maximum atomic E-state index is 13.5. The molecule has 0 aromatic heterocycles. The number of thioether (sulfide) groups is 1. The highest BCUT2D eigenvalue weighted by molar-refractivity contribution is 7.99. The summed E-state index contributed by atoms with van der Waals surface area (Å²) in [6.45, 7) is 13.7. The van der Waals surface area contributed by atoms with Gasteiger partial charge in [0.1, 0.15) is 6.04 Å². The van der Waals surface area contributed by atoms with Gasteiger partial charge in [-0.15, -0.1) is 0 Å². The predicted molar refractivity (Wildman–Crippen MR) is 150 cm³/mol. The number of hydrogen-bond donors (Lipinski definition) is 5. The van der Waals surface area contributed by atoms with Crippen LogP contribution in [0.4, 0.5) is 0 Å². The first kappa shape index (κ1) is 30.1. The van der Waals surface area contributed by atoms with E-state index in [1.165, 1.54) is 18.2 Å². The van der Waals surface area contributed by atoms with Crippen molar-refractivity contribution in [1.29, 1.82) is 5.41 Å². The van der Waals surface area contributed by atoms with Crippen LogP contribution in [-0.2, 0) is 18.9 Å². The van der Waals surface area contributed by atoms with Gasteiger partial charge < -0.3 is 30.6 Å². The molecule has 6 atom stereocenters. The summed E-state index contributed by atoms with van der Waals surface area (Å²) in [4.78, 5) is 26.1. The van der Waals surface area contributed by atoms with Gasteiger partial charge in [-0.05, 0) is 67.9 Å². The van der Waals surface area contributed by atoms with Crippen LogP contribution in [0.2, 0.25) is 0 Å². The summed E-state index contributed by atoms with van der Waals surface area (Å²) in [5.74, 6) is 2.20. The fraction of sp³-hybridized carbons (Fsp3) is 0.885. The third-order valence-corrected chi connectivity index (χ3v) is 9.54. The predicted octanol–water partition coefficient (Wildman–Crippen LogP) is 2.55. The monoisotopic (exact) mass is 537 g/mol. The van der Waals surface area contributed by atoms with Gasteiger partial charge >= 0.3 is 7.12 Å². The fourth-order valence-electron chi connectivity index (χ4n) is 6.41. The van der Waals surface area contributed by atoms with Gasteiger partial charge in [-0.3, -0.25) is 15.0 Å². The number of amides is 2. The van der Waals surface area contributed by atoms with E-state index in [1.807, 2.05) is 6.92 Å². The molecule has 2 bridgehead atoms. The lowest BCUT2D eigenvalue weighted by Gasteiger charge is -2.64. The maximum Gasteiger partial charge on any atom is 0.481 e. The molecular formula is C26H48BN5O4S. The number of rotatable bonds is 13. The molecule has 2 amide bonds. The molecule has 4 rings (SSSR count). The second-order valence-corrected chi connectivity index (χ2v) is 13.3. The largest absolute Gasteiger partial charge is 0.481 e. The van der Waals surface area contributed by atoms with E-state index in [4.69, 9.17) is 14.7 Å². The van der Waals surface area contributed by atoms with Gasteiger partial charge in [0.2, 0.25) is 11.8 Å². The molecule has 1 aliphatic heterocycles. The zero-order valence-corrected chi connectivity index (χ0v) is 24.6. The third kappa shape index (κ3) is 6.95. The van der Waals surface area contributed by atoms with Crippen LogP contribution in [0.15, 0.2) is 0 Å². The van der Waals surface area contributed by atoms with Crippen molar-refractivity contribution in [3.8, 4) is 0 Å². The van der Waals surface area contributed by atoms with Crippen LogP contribution in [0, 0.1) is 28.6 Å². The molecule has 0 spiro atoms. The molecule has 37 heavy (non-hydrogen) atoms. The summed E-state index contributed by atoms with van der Waals surface area (Å²) in [6.07, 6.45) is 4.06. The van der Waals surface area contributed by atoms with E-state index in [0.717, 1.165) is 18.6 Å². The lowest BCUT2D eigenvalue weighted by Crippen LogP contribution is -2.65. The smallest absolute Gasteiger partial charge is 0.404 e. The molecule has 1 saturated heterocycles. The molecule has 0 aromatic rings. The summed E-state index contributed by atoms with van der Waals surface area (Å²) in [6, 6.07) is -0.656. The summed E-state index contributed by atoms with van der Waals surface area (Å²) >= 11 is 1.53. The summed E-state index contributed by atoms with van der Waals surface area (Å²) < 4.78 is 13.2. The Balaban J connectivity index is 1.67. The van der Waals surface area contributed by atoms with Crippen molar-refractivity contribution < 1.29 is 18.9 Å². The lowest BCUT2D eigenvalue weighted by atomic mass is 9.43. The Morgan fingerprint density at radius 1 is 1.19 bits per heavy atom. The van der Waals surface area contributed by atoms with Crippen molar-refractivity contribution in [3.63, 3.8) is 0 Å². The summed E-state index contributed by atoms with van der Waals surface area (Å²) in [7, 11) is 1.18. The molecule has 3 aliphatic carbocycles. The summed E-state index contributed by atoms with van der Waals surface area (Å²) in [5.41, 5.74) is -0.0822. The van der Waals surface area contributed by atoms with Gasteiger partial charge in [0, 0.05) is 13.6 Å². The van der Waals surface area contributed by atoms with Crippen molar-refractivity contribution in [2.24, 2.45) is 23.2 Å². The number of carbonyl (C=O) groups is 2. The average Bonchev–Trinajstić information content (AvgIpc) is 3.20. The van der Waals surface area contributed by atoms with Gasteiger partial charge in [0.05, 0.1) is 23.4 Å². The number of hydrogen-bond acceptors (Lipinski definition) is 6. The van der Waals surface area contributed by atoms with E-state index in [9.17, 15) is 9.59 Å². The van der Waals surface area contributed by atoms with Crippen molar-refractivity contribution in [1.82, 2.24) is 21.3 Å². The zero-order valence-electron chi connectivity index (χ0n) is 23.7. The Morgan fingerprint density at radius 3 is 2.54 bits per heavy atom. The van der Waals surface area contributed by atoms with Crippen LogP contribution < -0.4 is 21.3 Å². The topological polar surface area (TPSA) is 125 Å². The number of guanidine groups is 1. The molecule has 210 valence electrons. The Morgan fingerprint density at radius 2 is 1.92 bits per heavy atom. The van der Waals surface area contributed by atoms with Crippen molar-refractivity contribution in [3.05, 3.63) is 0 Å². The highest BCUT2D eigenvalue weighted by atomic mass is 32.2. The van der Waals surface area contributed by atoms with E-state index >= 15 is 0 Å². The van der Waals surface area contributed by atoms with E-state index in [2.05, 4.69) is 55.9 Å². The van der Waals surface area contributed by atoms with E-state index in [0.29, 0.717) is 42.9 Å². The molecule has 9 nitrogen and oxygen atoms in total. The minimum absolute atomic E-state index is 0.0518. The Hall–Kier alpha value is -1.46. The van der Waals surface area contributed by atoms with Crippen LogP contribution in [0.25, 0.3) is 0 Å². The minimum Gasteiger partial charge on any atom is -0.404 e. The third-order valence-electron chi connectivity index (χ3n) is 8.66. The molecule has 5 N–H and O–H groups in total. The molecule has 4 fully saturated rings. The SMILES string of the molecule is CCSCC(=O)N[C@@H](CCCNC(=N)NC)C(=O)N[C@@H](CC(C)C)B1O[C@@H]2C[C@@H]3C[C@@H](C3(C)C)[C@]2(C)O1. The quantitative estimate of drug-likeness (QED) is 0.106. The highest BCUT2D eigenvalue weighted by Crippen LogP contribution is 2.65. The molecule has 0 unspecified atom stereocenters. The molecule has 11 heteroatoms. The standard InChI is InChI=1S/C26H48BN5O4S/c1-8-37-15-22(33)31-18(10-9-11-30-24(28)29-7)23(34)32-21(12-16(2)3)27-35-20-14-17-13-19(25(17,4)5)26(20,6)36-27/h16-21H,8-15H2,1-7H3,(H,31,33)(H,32,34)(H3,28,29,30)/t17-,18-,19-,20+,21-,26-/m0/s1. The number of carbonyl (C=O) groups excluding carboxylic acids is 2. The van der Waals surface area contributed by atoms with Crippen LogP contribution >= 0.6 is 11.8 Å². The normalized spacial score (nSPS) is 29.1. The van der Waals surface area contributed by atoms with Crippen molar-refractivity contribution in [2.75, 3.05) is 25.1 Å². The fourth-order valence-corrected chi connectivity index (χ4v) is 6.88. The lowest BCUT2D eigenvalue weighted by molar-refractivity contribution is -0.199. The van der Waals surface area contributed by atoms with Gasteiger partial charge in [0.15, 0.2) is 5.96 Å². The van der Waals surface area contributed by atoms with E-state index in [1.54, 1.807) is 7.05 Å². The highest BCUT2D eigenvalue weighted by Gasteiger charge is 2.68. The molecule has 1 heterocycles. The van der Waals surface area contributed by atoms with Crippen LogP contribution in [0.1, 0.15) is 73.6 Å². The molecular weight excluding hydrogens is 489 g/mol. The van der Waals surface area contributed by atoms with Crippen molar-refractivity contribution >= 4 is 36.7 Å². The summed E-state index contributed by atoms with van der Waals surface area (Å²) in [5, 5.41) is 19.5. The Bertz CT molecular complexity index is 831. The second kappa shape index (κ2) is 12.6. The van der Waals surface area contributed by atoms with Crippen molar-refractivity contribution in [2.45, 2.75) is 97.3 Å². The van der Waals surface area contributed by atoms with Crippen LogP contribution in [0.5, 0.6) is 0 Å². The number of nitrogens with one attached hydrogen (secondary N) is 5. The van der Waals surface area contributed by atoms with E-state index < -0.39 is 13.2 Å². The van der Waals surface area contributed by atoms with Gasteiger partial charge in [-0.25, -0.2) is 0 Å². The zero-order chi connectivity index (χ0) is 27.4.